The number of H-pyrrole nitrogens is 1. The number of rotatable bonds is 3. The van der Waals surface area contributed by atoms with Crippen LogP contribution >= 0.6 is 0 Å². The Morgan fingerprint density at radius 2 is 2.00 bits per heavy atom. The molecule has 0 unspecified atom stereocenters. The Labute approximate surface area is 124 Å². The third-order valence-electron chi connectivity index (χ3n) is 3.53. The molecule has 1 amide bonds. The first-order valence-electron chi connectivity index (χ1n) is 7.05. The minimum atomic E-state index is -0.183. The number of carbonyl (C=O) groups is 1. The van der Waals surface area contributed by atoms with Crippen LogP contribution < -0.4 is 10.5 Å². The third-order valence-corrected chi connectivity index (χ3v) is 3.53. The molecule has 0 aliphatic carbocycles. The van der Waals surface area contributed by atoms with Crippen LogP contribution in [0.4, 0.5) is 5.69 Å². The summed E-state index contributed by atoms with van der Waals surface area (Å²) in [5, 5.41) is 0.552. The lowest BCUT2D eigenvalue weighted by molar-refractivity contribution is -0.107. The van der Waals surface area contributed by atoms with E-state index in [0.717, 1.165) is 17.7 Å². The van der Waals surface area contributed by atoms with Gasteiger partial charge in [0, 0.05) is 12.2 Å². The normalized spacial score (nSPS) is 11.7. The summed E-state index contributed by atoms with van der Waals surface area (Å²) >= 11 is 0. The monoisotopic (exact) mass is 287 g/mol. The van der Waals surface area contributed by atoms with Gasteiger partial charge < -0.3 is 9.88 Å². The van der Waals surface area contributed by atoms with E-state index in [4.69, 9.17) is 0 Å². The molecule has 2 aromatic rings. The molecule has 0 fully saturated rings. The molecular weight excluding hydrogens is 266 g/mol. The highest BCUT2D eigenvalue weighted by Gasteiger charge is 2.22. The molecule has 21 heavy (non-hydrogen) atoms. The van der Waals surface area contributed by atoms with Gasteiger partial charge in [0.25, 0.3) is 5.56 Å². The highest BCUT2D eigenvalue weighted by Crippen LogP contribution is 2.33. The Morgan fingerprint density at radius 1 is 1.33 bits per heavy atom. The van der Waals surface area contributed by atoms with E-state index in [1.807, 2.05) is 19.1 Å². The van der Waals surface area contributed by atoms with Crippen molar-refractivity contribution in [3.8, 4) is 0 Å². The zero-order chi connectivity index (χ0) is 15.8. The van der Waals surface area contributed by atoms with E-state index in [2.05, 4.69) is 30.7 Å². The number of hydrogen-bond donors (Lipinski definition) is 1. The van der Waals surface area contributed by atoms with Crippen molar-refractivity contribution in [2.24, 2.45) is 0 Å². The lowest BCUT2D eigenvalue weighted by Gasteiger charge is -2.27. The van der Waals surface area contributed by atoms with Crippen molar-refractivity contribution in [2.45, 2.75) is 40.0 Å². The van der Waals surface area contributed by atoms with E-state index in [1.54, 1.807) is 11.8 Å². The van der Waals surface area contributed by atoms with E-state index in [9.17, 15) is 9.59 Å². The fraction of sp³-hybridized carbons (Fsp3) is 0.438. The van der Waals surface area contributed by atoms with Crippen LogP contribution in [0, 0.1) is 6.92 Å². The van der Waals surface area contributed by atoms with Gasteiger partial charge in [0.05, 0.1) is 10.9 Å². The van der Waals surface area contributed by atoms with Gasteiger partial charge in [0.1, 0.15) is 5.82 Å². The number of fused-ring (bicyclic) bond motifs is 1. The summed E-state index contributed by atoms with van der Waals surface area (Å²) in [5.74, 6) is 0.566. The van der Waals surface area contributed by atoms with E-state index >= 15 is 0 Å². The standard InChI is InChI=1S/C16H21N3O2/c1-6-19(9-20)14-8-13-11(7-12(14)16(3,4)5)15(21)18-10(2)17-13/h7-9H,6H2,1-5H3,(H,17,18,21). The Kier molecular flexibility index (Phi) is 3.85. The second-order valence-electron chi connectivity index (χ2n) is 6.18. The molecule has 0 spiro atoms. The summed E-state index contributed by atoms with van der Waals surface area (Å²) in [5.41, 5.74) is 2.05. The molecule has 0 bridgehead atoms. The quantitative estimate of drug-likeness (QED) is 0.882. The van der Waals surface area contributed by atoms with Gasteiger partial charge in [-0.3, -0.25) is 9.59 Å². The van der Waals surface area contributed by atoms with Crippen LogP contribution in [0.1, 0.15) is 39.1 Å². The van der Waals surface area contributed by atoms with E-state index in [0.29, 0.717) is 23.3 Å². The van der Waals surface area contributed by atoms with E-state index < -0.39 is 0 Å². The van der Waals surface area contributed by atoms with Crippen molar-refractivity contribution in [1.29, 1.82) is 0 Å². The number of aryl methyl sites for hydroxylation is 1. The van der Waals surface area contributed by atoms with Gasteiger partial charge in [-0.05, 0) is 37.0 Å². The Bertz CT molecular complexity index is 741. The number of aromatic nitrogens is 2. The lowest BCUT2D eigenvalue weighted by atomic mass is 9.84. The number of anilines is 1. The van der Waals surface area contributed by atoms with Gasteiger partial charge in [0.2, 0.25) is 6.41 Å². The van der Waals surface area contributed by atoms with Crippen LogP contribution in [-0.2, 0) is 10.2 Å². The molecule has 0 saturated heterocycles. The molecule has 5 nitrogen and oxygen atoms in total. The molecule has 1 aromatic carbocycles. The second-order valence-corrected chi connectivity index (χ2v) is 6.18. The summed E-state index contributed by atoms with van der Waals surface area (Å²) in [6.45, 7) is 10.4. The number of nitrogens with one attached hydrogen (secondary N) is 1. The smallest absolute Gasteiger partial charge is 0.258 e. The van der Waals surface area contributed by atoms with Gasteiger partial charge in [-0.2, -0.15) is 0 Å². The van der Waals surface area contributed by atoms with Crippen LogP contribution in [0.25, 0.3) is 10.9 Å². The summed E-state index contributed by atoms with van der Waals surface area (Å²) in [4.78, 5) is 32.2. The molecule has 2 rings (SSSR count). The zero-order valence-electron chi connectivity index (χ0n) is 13.2. The maximum Gasteiger partial charge on any atom is 0.258 e. The van der Waals surface area contributed by atoms with Crippen molar-refractivity contribution >= 4 is 23.0 Å². The number of aromatic amines is 1. The summed E-state index contributed by atoms with van der Waals surface area (Å²) in [6, 6.07) is 3.68. The lowest BCUT2D eigenvalue weighted by Crippen LogP contribution is -2.25. The first-order valence-corrected chi connectivity index (χ1v) is 7.05. The van der Waals surface area contributed by atoms with Crippen molar-refractivity contribution in [3.05, 3.63) is 33.9 Å². The first-order chi connectivity index (χ1) is 9.77. The molecule has 112 valence electrons. The second kappa shape index (κ2) is 5.31. The molecule has 0 aliphatic rings. The Balaban J connectivity index is 2.87. The average Bonchev–Trinajstić information content (AvgIpc) is 2.37. The maximum absolute atomic E-state index is 12.1. The molecule has 0 aliphatic heterocycles. The largest absolute Gasteiger partial charge is 0.315 e. The molecule has 1 aromatic heterocycles. The van der Waals surface area contributed by atoms with Gasteiger partial charge in [-0.1, -0.05) is 20.8 Å². The molecule has 1 N–H and O–H groups in total. The first kappa shape index (κ1) is 15.2. The molecule has 0 radical (unpaired) electrons. The Morgan fingerprint density at radius 3 is 2.52 bits per heavy atom. The summed E-state index contributed by atoms with van der Waals surface area (Å²) < 4.78 is 0. The van der Waals surface area contributed by atoms with Crippen LogP contribution in [-0.4, -0.2) is 22.9 Å². The van der Waals surface area contributed by atoms with Crippen LogP contribution in [0.3, 0.4) is 0 Å². The molecule has 0 saturated carbocycles. The van der Waals surface area contributed by atoms with Gasteiger partial charge >= 0.3 is 0 Å². The predicted octanol–water partition coefficient (Wildman–Crippen LogP) is 2.51. The topological polar surface area (TPSA) is 66.1 Å². The molecule has 5 heteroatoms. The SMILES string of the molecule is CCN(C=O)c1cc2nc(C)[nH]c(=O)c2cc1C(C)(C)C. The van der Waals surface area contributed by atoms with Crippen molar-refractivity contribution in [2.75, 3.05) is 11.4 Å². The molecular formula is C16H21N3O2. The summed E-state index contributed by atoms with van der Waals surface area (Å²) in [7, 11) is 0. The fourth-order valence-corrected chi connectivity index (χ4v) is 2.43. The van der Waals surface area contributed by atoms with Gasteiger partial charge in [-0.25, -0.2) is 4.98 Å². The summed E-state index contributed by atoms with van der Waals surface area (Å²) in [6.07, 6.45) is 0.816. The van der Waals surface area contributed by atoms with E-state index in [-0.39, 0.29) is 11.0 Å². The number of nitrogens with zero attached hydrogens (tertiary/aromatic N) is 2. The fourth-order valence-electron chi connectivity index (χ4n) is 2.43. The van der Waals surface area contributed by atoms with E-state index in [1.165, 1.54) is 0 Å². The number of hydrogen-bond acceptors (Lipinski definition) is 3. The number of carbonyl (C=O) groups excluding carboxylic acids is 1. The molecule has 1 heterocycles. The average molecular weight is 287 g/mol. The third kappa shape index (κ3) is 2.82. The predicted molar refractivity (Wildman–Crippen MR) is 84.9 cm³/mol. The maximum atomic E-state index is 12.1. The number of amides is 1. The number of benzene rings is 1. The molecule has 0 atom stereocenters. The minimum Gasteiger partial charge on any atom is -0.315 e. The van der Waals surface area contributed by atoms with Crippen molar-refractivity contribution in [3.63, 3.8) is 0 Å². The van der Waals surface area contributed by atoms with Gasteiger partial charge in [0.15, 0.2) is 0 Å². The van der Waals surface area contributed by atoms with Crippen LogP contribution in [0.2, 0.25) is 0 Å². The Hall–Kier alpha value is -2.17. The van der Waals surface area contributed by atoms with Crippen molar-refractivity contribution < 1.29 is 4.79 Å². The highest BCUT2D eigenvalue weighted by molar-refractivity contribution is 5.88. The van der Waals surface area contributed by atoms with Gasteiger partial charge in [-0.15, -0.1) is 0 Å². The zero-order valence-corrected chi connectivity index (χ0v) is 13.2. The van der Waals surface area contributed by atoms with Crippen molar-refractivity contribution in [1.82, 2.24) is 9.97 Å². The highest BCUT2D eigenvalue weighted by atomic mass is 16.1. The van der Waals surface area contributed by atoms with Crippen LogP contribution in [0.15, 0.2) is 16.9 Å². The minimum absolute atomic E-state index is 0.149. The van der Waals surface area contributed by atoms with Crippen LogP contribution in [0.5, 0.6) is 0 Å².